The first-order valence-corrected chi connectivity index (χ1v) is 8.22. The van der Waals surface area contributed by atoms with E-state index in [-0.39, 0.29) is 16.6 Å². The van der Waals surface area contributed by atoms with Gasteiger partial charge in [0, 0.05) is 0 Å². The number of aryl methyl sites for hydroxylation is 1. The zero-order chi connectivity index (χ0) is 19.4. The minimum Gasteiger partial charge on any atom is -0.448 e. The first-order valence-electron chi connectivity index (χ1n) is 7.84. The molecule has 3 amide bonds. The maximum atomic E-state index is 12.6. The molecule has 0 aliphatic carbocycles. The van der Waals surface area contributed by atoms with Gasteiger partial charge in [-0.3, -0.25) is 10.1 Å². The van der Waals surface area contributed by atoms with Gasteiger partial charge in [-0.05, 0) is 25.0 Å². The second-order valence-corrected chi connectivity index (χ2v) is 6.28. The molecule has 2 rings (SSSR count). The van der Waals surface area contributed by atoms with Crippen molar-refractivity contribution in [1.29, 1.82) is 0 Å². The van der Waals surface area contributed by atoms with Crippen LogP contribution in [-0.2, 0) is 9.53 Å². The minimum atomic E-state index is -1.20. The lowest BCUT2D eigenvalue weighted by Crippen LogP contribution is -2.45. The van der Waals surface area contributed by atoms with E-state index in [1.54, 1.807) is 32.9 Å². The van der Waals surface area contributed by atoms with Crippen LogP contribution in [-0.4, -0.2) is 33.8 Å². The Morgan fingerprint density at radius 1 is 1.23 bits per heavy atom. The molecule has 138 valence electrons. The van der Waals surface area contributed by atoms with Crippen LogP contribution in [0, 0.1) is 12.8 Å². The first-order chi connectivity index (χ1) is 12.2. The van der Waals surface area contributed by atoms with Crippen LogP contribution < -0.4 is 11.1 Å². The fourth-order valence-electron chi connectivity index (χ4n) is 2.33. The number of imide groups is 1. The number of nitrogens with two attached hydrogens (primary N) is 1. The van der Waals surface area contributed by atoms with E-state index in [9.17, 15) is 14.4 Å². The number of hydrogen-bond donors (Lipinski definition) is 2. The lowest BCUT2D eigenvalue weighted by Gasteiger charge is -2.19. The highest BCUT2D eigenvalue weighted by Crippen LogP contribution is 2.25. The van der Waals surface area contributed by atoms with Gasteiger partial charge in [0.2, 0.25) is 0 Å². The summed E-state index contributed by atoms with van der Waals surface area (Å²) < 4.78 is 6.68. The third-order valence-corrected chi connectivity index (χ3v) is 3.90. The number of nitrogens with zero attached hydrogens (tertiary/aromatic N) is 2. The average Bonchev–Trinajstić information content (AvgIpc) is 2.87. The van der Waals surface area contributed by atoms with Gasteiger partial charge in [-0.25, -0.2) is 14.3 Å². The summed E-state index contributed by atoms with van der Waals surface area (Å²) in [7, 11) is 0. The Labute approximate surface area is 155 Å². The summed E-state index contributed by atoms with van der Waals surface area (Å²) in [5.74, 6) is -2.00. The van der Waals surface area contributed by atoms with Crippen LogP contribution in [0.1, 0.15) is 29.9 Å². The lowest BCUT2D eigenvalue weighted by molar-refractivity contribution is -0.130. The van der Waals surface area contributed by atoms with E-state index in [1.165, 1.54) is 4.68 Å². The van der Waals surface area contributed by atoms with E-state index >= 15 is 0 Å². The maximum absolute atomic E-state index is 12.6. The van der Waals surface area contributed by atoms with Crippen LogP contribution in [0.15, 0.2) is 30.3 Å². The standard InChI is InChI=1S/C17H19ClN4O4/c1-9(2)13(15(23)20-17(19)25)26-16(24)12-10(3)21-22(14(12)18)11-7-5-4-6-8-11/h4-9,13H,1-3H3,(H3,19,20,23,25)/t13-/m0/s1. The molecule has 0 fully saturated rings. The Bertz CT molecular complexity index is 833. The molecule has 0 saturated carbocycles. The summed E-state index contributed by atoms with van der Waals surface area (Å²) in [6.07, 6.45) is -1.20. The SMILES string of the molecule is Cc1nn(-c2ccccc2)c(Cl)c1C(=O)O[C@H](C(=O)NC(N)=O)C(C)C. The monoisotopic (exact) mass is 378 g/mol. The number of carbonyl (C=O) groups excluding carboxylic acids is 3. The quantitative estimate of drug-likeness (QED) is 0.773. The lowest BCUT2D eigenvalue weighted by atomic mass is 10.1. The minimum absolute atomic E-state index is 0.0491. The molecular weight excluding hydrogens is 360 g/mol. The van der Waals surface area contributed by atoms with Crippen molar-refractivity contribution < 1.29 is 19.1 Å². The summed E-state index contributed by atoms with van der Waals surface area (Å²) in [4.78, 5) is 35.5. The van der Waals surface area contributed by atoms with Crippen molar-refractivity contribution in [3.8, 4) is 5.69 Å². The Morgan fingerprint density at radius 2 is 1.85 bits per heavy atom. The highest BCUT2D eigenvalue weighted by Gasteiger charge is 2.31. The van der Waals surface area contributed by atoms with Crippen LogP contribution >= 0.6 is 11.6 Å². The number of amides is 3. The molecule has 9 heteroatoms. The van der Waals surface area contributed by atoms with Gasteiger partial charge >= 0.3 is 12.0 Å². The number of aromatic nitrogens is 2. The number of para-hydroxylation sites is 1. The first kappa shape index (κ1) is 19.5. The molecule has 26 heavy (non-hydrogen) atoms. The highest BCUT2D eigenvalue weighted by molar-refractivity contribution is 6.33. The molecule has 0 saturated heterocycles. The number of ether oxygens (including phenoxy) is 1. The Kier molecular flexibility index (Phi) is 5.99. The molecule has 1 aromatic carbocycles. The molecule has 0 aliphatic heterocycles. The van der Waals surface area contributed by atoms with Gasteiger partial charge in [-0.2, -0.15) is 5.10 Å². The second kappa shape index (κ2) is 8.01. The average molecular weight is 379 g/mol. The maximum Gasteiger partial charge on any atom is 0.344 e. The summed E-state index contributed by atoms with van der Waals surface area (Å²) in [5, 5.41) is 6.23. The largest absolute Gasteiger partial charge is 0.448 e. The number of urea groups is 1. The zero-order valence-corrected chi connectivity index (χ0v) is 15.3. The fraction of sp³-hybridized carbons (Fsp3) is 0.294. The van der Waals surface area contributed by atoms with E-state index in [0.717, 1.165) is 0 Å². The van der Waals surface area contributed by atoms with Crippen molar-refractivity contribution >= 4 is 29.5 Å². The number of halogens is 1. The van der Waals surface area contributed by atoms with Crippen molar-refractivity contribution in [2.75, 3.05) is 0 Å². The van der Waals surface area contributed by atoms with Crippen molar-refractivity contribution in [3.63, 3.8) is 0 Å². The smallest absolute Gasteiger partial charge is 0.344 e. The summed E-state index contributed by atoms with van der Waals surface area (Å²) in [6, 6.07) is 8.00. The molecule has 1 atom stereocenters. The van der Waals surface area contributed by atoms with E-state index < -0.39 is 24.0 Å². The number of rotatable bonds is 5. The molecule has 0 radical (unpaired) electrons. The molecule has 1 aromatic heterocycles. The van der Waals surface area contributed by atoms with Crippen molar-refractivity contribution in [2.45, 2.75) is 26.9 Å². The molecule has 0 unspecified atom stereocenters. The molecule has 0 bridgehead atoms. The van der Waals surface area contributed by atoms with Crippen molar-refractivity contribution in [1.82, 2.24) is 15.1 Å². The van der Waals surface area contributed by atoms with Gasteiger partial charge in [-0.15, -0.1) is 0 Å². The van der Waals surface area contributed by atoms with E-state index in [1.807, 2.05) is 23.5 Å². The molecular formula is C17H19ClN4O4. The third-order valence-electron chi connectivity index (χ3n) is 3.55. The number of hydrogen-bond acceptors (Lipinski definition) is 5. The Morgan fingerprint density at radius 3 is 2.38 bits per heavy atom. The van der Waals surface area contributed by atoms with E-state index in [4.69, 9.17) is 22.1 Å². The number of esters is 1. The number of carbonyl (C=O) groups is 3. The molecule has 0 aliphatic rings. The van der Waals surface area contributed by atoms with Gasteiger partial charge in [0.25, 0.3) is 5.91 Å². The number of nitrogens with one attached hydrogen (secondary N) is 1. The zero-order valence-electron chi connectivity index (χ0n) is 14.5. The molecule has 1 heterocycles. The van der Waals surface area contributed by atoms with E-state index in [0.29, 0.717) is 11.4 Å². The number of benzene rings is 1. The second-order valence-electron chi connectivity index (χ2n) is 5.92. The van der Waals surface area contributed by atoms with Gasteiger partial charge in [-0.1, -0.05) is 43.6 Å². The molecule has 8 nitrogen and oxygen atoms in total. The topological polar surface area (TPSA) is 116 Å². The molecule has 3 N–H and O–H groups in total. The predicted octanol–water partition coefficient (Wildman–Crippen LogP) is 2.21. The third kappa shape index (κ3) is 4.20. The molecule has 0 spiro atoms. The Balaban J connectivity index is 2.30. The summed E-state index contributed by atoms with van der Waals surface area (Å²) in [6.45, 7) is 4.94. The highest BCUT2D eigenvalue weighted by atomic mass is 35.5. The van der Waals surface area contributed by atoms with Gasteiger partial charge in [0.1, 0.15) is 10.7 Å². The van der Waals surface area contributed by atoms with Crippen molar-refractivity contribution in [3.05, 3.63) is 46.7 Å². The van der Waals surface area contributed by atoms with Crippen LogP contribution in [0.25, 0.3) is 5.69 Å². The Hall–Kier alpha value is -2.87. The number of primary amides is 1. The van der Waals surface area contributed by atoms with Gasteiger partial charge in [0.05, 0.1) is 11.4 Å². The summed E-state index contributed by atoms with van der Waals surface area (Å²) in [5.41, 5.74) is 6.01. The molecule has 2 aromatic rings. The summed E-state index contributed by atoms with van der Waals surface area (Å²) >= 11 is 6.31. The van der Waals surface area contributed by atoms with Crippen LogP contribution in [0.2, 0.25) is 5.15 Å². The predicted molar refractivity (Wildman–Crippen MR) is 95.1 cm³/mol. The normalized spacial score (nSPS) is 11.9. The fourth-order valence-corrected chi connectivity index (χ4v) is 2.68. The van der Waals surface area contributed by atoms with E-state index in [2.05, 4.69) is 5.10 Å². The van der Waals surface area contributed by atoms with Crippen LogP contribution in [0.3, 0.4) is 0 Å². The van der Waals surface area contributed by atoms with Crippen molar-refractivity contribution in [2.24, 2.45) is 11.7 Å². The van der Waals surface area contributed by atoms with Crippen LogP contribution in [0.4, 0.5) is 4.79 Å². The van der Waals surface area contributed by atoms with Gasteiger partial charge in [0.15, 0.2) is 6.10 Å². The van der Waals surface area contributed by atoms with Gasteiger partial charge < -0.3 is 10.5 Å². The van der Waals surface area contributed by atoms with Crippen LogP contribution in [0.5, 0.6) is 0 Å².